The first-order valence-electron chi connectivity index (χ1n) is 6.51. The second-order valence-electron chi connectivity index (χ2n) is 4.56. The number of hydrogen-bond acceptors (Lipinski definition) is 3. The number of hydrogen-bond donors (Lipinski definition) is 1. The molecular weight excluding hydrogens is 321 g/mol. The van der Waals surface area contributed by atoms with Crippen LogP contribution in [0.3, 0.4) is 0 Å². The van der Waals surface area contributed by atoms with Crippen molar-refractivity contribution in [3.05, 3.63) is 29.8 Å². The molecule has 0 aliphatic rings. The Bertz CT molecular complexity index is 612. The van der Waals surface area contributed by atoms with Crippen molar-refractivity contribution in [1.29, 1.82) is 0 Å². The van der Waals surface area contributed by atoms with Crippen molar-refractivity contribution >= 4 is 15.9 Å². The van der Waals surface area contributed by atoms with Gasteiger partial charge in [0.25, 0.3) is 5.91 Å². The largest absolute Gasteiger partial charge is 0.402 e. The van der Waals surface area contributed by atoms with Gasteiger partial charge < -0.3 is 5.32 Å². The molecule has 1 aromatic carbocycles. The molecule has 9 heteroatoms. The maximum absolute atomic E-state index is 12.5. The summed E-state index contributed by atoms with van der Waals surface area (Å²) in [6, 6.07) is 4.75. The summed E-state index contributed by atoms with van der Waals surface area (Å²) in [6.45, 7) is -0.188. The van der Waals surface area contributed by atoms with Crippen LogP contribution >= 0.6 is 0 Å². The minimum Gasteiger partial charge on any atom is -0.355 e. The molecule has 0 atom stereocenters. The SMILES string of the molecule is CCCN(CC(F)(F)F)S(=O)(=O)c1ccc(C(=O)NC)cc1. The summed E-state index contributed by atoms with van der Waals surface area (Å²) in [7, 11) is -2.85. The molecule has 0 heterocycles. The van der Waals surface area contributed by atoms with Crippen LogP contribution in [0, 0.1) is 0 Å². The van der Waals surface area contributed by atoms with Gasteiger partial charge in [-0.25, -0.2) is 8.42 Å². The molecule has 1 amide bonds. The Morgan fingerprint density at radius 2 is 1.77 bits per heavy atom. The van der Waals surface area contributed by atoms with Gasteiger partial charge in [0.2, 0.25) is 10.0 Å². The van der Waals surface area contributed by atoms with E-state index in [-0.39, 0.29) is 23.4 Å². The number of halogens is 3. The molecule has 0 saturated heterocycles. The van der Waals surface area contributed by atoms with Gasteiger partial charge in [0, 0.05) is 19.2 Å². The highest BCUT2D eigenvalue weighted by atomic mass is 32.2. The van der Waals surface area contributed by atoms with Crippen molar-refractivity contribution in [1.82, 2.24) is 9.62 Å². The molecule has 1 N–H and O–H groups in total. The summed E-state index contributed by atoms with van der Waals surface area (Å²) in [5.41, 5.74) is 0.222. The average molecular weight is 338 g/mol. The number of benzene rings is 1. The minimum atomic E-state index is -4.62. The highest BCUT2D eigenvalue weighted by molar-refractivity contribution is 7.89. The molecule has 0 spiro atoms. The van der Waals surface area contributed by atoms with Gasteiger partial charge in [-0.2, -0.15) is 17.5 Å². The van der Waals surface area contributed by atoms with Crippen molar-refractivity contribution in [2.24, 2.45) is 0 Å². The van der Waals surface area contributed by atoms with E-state index in [1.165, 1.54) is 19.2 Å². The predicted octanol–water partition coefficient (Wildman–Crippen LogP) is 2.01. The summed E-state index contributed by atoms with van der Waals surface area (Å²) in [6.07, 6.45) is -4.37. The molecule has 0 aromatic heterocycles. The van der Waals surface area contributed by atoms with Gasteiger partial charge in [0.05, 0.1) is 4.90 Å². The van der Waals surface area contributed by atoms with Gasteiger partial charge in [0.1, 0.15) is 6.54 Å². The monoisotopic (exact) mass is 338 g/mol. The maximum Gasteiger partial charge on any atom is 0.402 e. The molecule has 0 aliphatic carbocycles. The van der Waals surface area contributed by atoms with E-state index in [9.17, 15) is 26.4 Å². The molecule has 1 rings (SSSR count). The topological polar surface area (TPSA) is 66.5 Å². The van der Waals surface area contributed by atoms with Crippen LogP contribution < -0.4 is 5.32 Å². The molecule has 22 heavy (non-hydrogen) atoms. The van der Waals surface area contributed by atoms with Crippen LogP contribution in [0.15, 0.2) is 29.2 Å². The van der Waals surface area contributed by atoms with E-state index in [0.29, 0.717) is 4.31 Å². The van der Waals surface area contributed by atoms with E-state index < -0.39 is 28.7 Å². The third-order valence-electron chi connectivity index (χ3n) is 2.81. The number of amides is 1. The molecule has 124 valence electrons. The fourth-order valence-electron chi connectivity index (χ4n) is 1.81. The van der Waals surface area contributed by atoms with Gasteiger partial charge in [-0.15, -0.1) is 0 Å². The Balaban J connectivity index is 3.11. The first kappa shape index (κ1) is 18.4. The number of sulfonamides is 1. The first-order valence-corrected chi connectivity index (χ1v) is 7.95. The minimum absolute atomic E-state index is 0.222. The average Bonchev–Trinajstić information content (AvgIpc) is 2.44. The van der Waals surface area contributed by atoms with Gasteiger partial charge in [0.15, 0.2) is 0 Å². The third kappa shape index (κ3) is 4.70. The number of nitrogens with one attached hydrogen (secondary N) is 1. The number of alkyl halides is 3. The molecular formula is C13H17F3N2O3S. The quantitative estimate of drug-likeness (QED) is 0.863. The van der Waals surface area contributed by atoms with E-state index in [0.717, 1.165) is 12.1 Å². The maximum atomic E-state index is 12.5. The van der Waals surface area contributed by atoms with Crippen LogP contribution in [0.25, 0.3) is 0 Å². The lowest BCUT2D eigenvalue weighted by Gasteiger charge is -2.22. The lowest BCUT2D eigenvalue weighted by Crippen LogP contribution is -2.39. The number of nitrogens with zero attached hydrogens (tertiary/aromatic N) is 1. The van der Waals surface area contributed by atoms with E-state index in [4.69, 9.17) is 0 Å². The second kappa shape index (κ2) is 7.10. The molecule has 1 aromatic rings. The predicted molar refractivity (Wildman–Crippen MR) is 74.9 cm³/mol. The Hall–Kier alpha value is -1.61. The number of carbonyl (C=O) groups is 1. The van der Waals surface area contributed by atoms with Crippen LogP contribution in [0.2, 0.25) is 0 Å². The smallest absolute Gasteiger partial charge is 0.355 e. The van der Waals surface area contributed by atoms with Gasteiger partial charge >= 0.3 is 6.18 Å². The highest BCUT2D eigenvalue weighted by Gasteiger charge is 2.36. The summed E-state index contributed by atoms with van der Waals surface area (Å²) in [5, 5.41) is 2.37. The zero-order valence-corrected chi connectivity index (χ0v) is 13.0. The Morgan fingerprint density at radius 3 is 2.18 bits per heavy atom. The number of rotatable bonds is 6. The van der Waals surface area contributed by atoms with Crippen molar-refractivity contribution in [2.45, 2.75) is 24.4 Å². The van der Waals surface area contributed by atoms with Crippen molar-refractivity contribution in [3.63, 3.8) is 0 Å². The van der Waals surface area contributed by atoms with Crippen LogP contribution in [0.4, 0.5) is 13.2 Å². The van der Waals surface area contributed by atoms with Gasteiger partial charge in [-0.3, -0.25) is 4.79 Å². The van der Waals surface area contributed by atoms with E-state index in [2.05, 4.69) is 5.32 Å². The van der Waals surface area contributed by atoms with E-state index >= 15 is 0 Å². The summed E-state index contributed by atoms with van der Waals surface area (Å²) in [5.74, 6) is -0.412. The summed E-state index contributed by atoms with van der Waals surface area (Å²) >= 11 is 0. The second-order valence-corrected chi connectivity index (χ2v) is 6.50. The molecule has 0 aliphatic heterocycles. The molecule has 0 bridgehead atoms. The standard InChI is InChI=1S/C13H17F3N2O3S/c1-3-8-18(9-13(14,15)16)22(20,21)11-6-4-10(5-7-11)12(19)17-2/h4-7H,3,8-9H2,1-2H3,(H,17,19). The third-order valence-corrected chi connectivity index (χ3v) is 4.67. The Kier molecular flexibility index (Phi) is 5.95. The molecule has 0 unspecified atom stereocenters. The number of carbonyl (C=O) groups excluding carboxylic acids is 1. The summed E-state index contributed by atoms with van der Waals surface area (Å²) < 4.78 is 62.5. The van der Waals surface area contributed by atoms with Crippen LogP contribution in [-0.4, -0.2) is 44.9 Å². The zero-order valence-electron chi connectivity index (χ0n) is 12.1. The molecule has 0 fully saturated rings. The fraction of sp³-hybridized carbons (Fsp3) is 0.462. The molecule has 0 saturated carbocycles. The fourth-order valence-corrected chi connectivity index (χ4v) is 3.32. The van der Waals surface area contributed by atoms with Crippen LogP contribution in [0.1, 0.15) is 23.7 Å². The normalized spacial score (nSPS) is 12.5. The first-order chi connectivity index (χ1) is 10.1. The van der Waals surface area contributed by atoms with E-state index in [1.54, 1.807) is 6.92 Å². The van der Waals surface area contributed by atoms with Gasteiger partial charge in [-0.1, -0.05) is 6.92 Å². The lowest BCUT2D eigenvalue weighted by molar-refractivity contribution is -0.136. The van der Waals surface area contributed by atoms with Crippen LogP contribution in [0.5, 0.6) is 0 Å². The van der Waals surface area contributed by atoms with Gasteiger partial charge in [-0.05, 0) is 30.7 Å². The van der Waals surface area contributed by atoms with Crippen molar-refractivity contribution in [3.8, 4) is 0 Å². The van der Waals surface area contributed by atoms with Crippen molar-refractivity contribution in [2.75, 3.05) is 20.1 Å². The Morgan fingerprint density at radius 1 is 1.23 bits per heavy atom. The van der Waals surface area contributed by atoms with Crippen LogP contribution in [-0.2, 0) is 10.0 Å². The summed E-state index contributed by atoms with van der Waals surface area (Å²) in [4.78, 5) is 11.1. The zero-order chi connectivity index (χ0) is 17.0. The molecule has 5 nitrogen and oxygen atoms in total. The Labute approximate surface area is 127 Å². The van der Waals surface area contributed by atoms with Crippen molar-refractivity contribution < 1.29 is 26.4 Å². The molecule has 0 radical (unpaired) electrons. The highest BCUT2D eigenvalue weighted by Crippen LogP contribution is 2.23. The van der Waals surface area contributed by atoms with E-state index in [1.807, 2.05) is 0 Å². The lowest BCUT2D eigenvalue weighted by atomic mass is 10.2.